The molecule has 0 saturated heterocycles. The standard InChI is InChI=1S/C10H12ClN5O/c11-8-3-4-9(15-14-8)16-10(12)7(6-13-16)2-1-5-17/h3-4,6,17H,1-2,5,12H2. The van der Waals surface area contributed by atoms with Crippen molar-refractivity contribution >= 4 is 17.4 Å². The molecule has 3 N–H and O–H groups in total. The van der Waals surface area contributed by atoms with Crippen LogP contribution in [-0.2, 0) is 6.42 Å². The van der Waals surface area contributed by atoms with E-state index in [0.717, 1.165) is 5.56 Å². The van der Waals surface area contributed by atoms with Crippen LogP contribution in [0.25, 0.3) is 5.82 Å². The number of nitrogens with two attached hydrogens (primary N) is 1. The van der Waals surface area contributed by atoms with Crippen molar-refractivity contribution in [2.24, 2.45) is 0 Å². The molecule has 0 bridgehead atoms. The summed E-state index contributed by atoms with van der Waals surface area (Å²) in [5.41, 5.74) is 6.82. The molecule has 6 nitrogen and oxygen atoms in total. The summed E-state index contributed by atoms with van der Waals surface area (Å²) in [4.78, 5) is 0. The number of rotatable bonds is 4. The van der Waals surface area contributed by atoms with Gasteiger partial charge in [-0.1, -0.05) is 11.6 Å². The van der Waals surface area contributed by atoms with Crippen LogP contribution >= 0.6 is 11.6 Å². The molecule has 0 radical (unpaired) electrons. The average molecular weight is 254 g/mol. The van der Waals surface area contributed by atoms with Crippen molar-refractivity contribution in [3.63, 3.8) is 0 Å². The molecule has 0 aliphatic rings. The highest BCUT2D eigenvalue weighted by atomic mass is 35.5. The fourth-order valence-corrected chi connectivity index (χ4v) is 1.56. The van der Waals surface area contributed by atoms with E-state index >= 15 is 0 Å². The molecule has 2 aromatic heterocycles. The third-order valence-electron chi connectivity index (χ3n) is 2.33. The van der Waals surface area contributed by atoms with Gasteiger partial charge in [-0.2, -0.15) is 9.78 Å². The average Bonchev–Trinajstić information content (AvgIpc) is 2.69. The topological polar surface area (TPSA) is 89.8 Å². The monoisotopic (exact) mass is 253 g/mol. The van der Waals surface area contributed by atoms with Gasteiger partial charge in [-0.3, -0.25) is 0 Å². The lowest BCUT2D eigenvalue weighted by molar-refractivity contribution is 0.288. The molecule has 0 saturated carbocycles. The Hall–Kier alpha value is -1.66. The molecule has 7 heteroatoms. The highest BCUT2D eigenvalue weighted by molar-refractivity contribution is 6.29. The molecule has 0 unspecified atom stereocenters. The first-order valence-electron chi connectivity index (χ1n) is 5.15. The predicted octanol–water partition coefficient (Wildman–Crippen LogP) is 0.823. The quantitative estimate of drug-likeness (QED) is 0.842. The number of hydrogen-bond donors (Lipinski definition) is 2. The summed E-state index contributed by atoms with van der Waals surface area (Å²) in [6, 6.07) is 3.31. The van der Waals surface area contributed by atoms with E-state index in [2.05, 4.69) is 15.3 Å². The van der Waals surface area contributed by atoms with Crippen LogP contribution in [-0.4, -0.2) is 31.7 Å². The normalized spacial score (nSPS) is 10.7. The number of nitrogens with zero attached hydrogens (tertiary/aromatic N) is 4. The summed E-state index contributed by atoms with van der Waals surface area (Å²) >= 11 is 5.65. The third-order valence-corrected chi connectivity index (χ3v) is 2.53. The van der Waals surface area contributed by atoms with Crippen LogP contribution < -0.4 is 5.73 Å². The van der Waals surface area contributed by atoms with Gasteiger partial charge in [0.25, 0.3) is 0 Å². The molecule has 90 valence electrons. The smallest absolute Gasteiger partial charge is 0.178 e. The summed E-state index contributed by atoms with van der Waals surface area (Å²) in [5.74, 6) is 1.03. The van der Waals surface area contributed by atoms with E-state index in [1.807, 2.05) is 0 Å². The fraction of sp³-hybridized carbons (Fsp3) is 0.300. The number of aromatic nitrogens is 4. The number of anilines is 1. The summed E-state index contributed by atoms with van der Waals surface area (Å²) < 4.78 is 1.50. The van der Waals surface area contributed by atoms with Crippen molar-refractivity contribution < 1.29 is 5.11 Å². The number of aliphatic hydroxyl groups is 1. The van der Waals surface area contributed by atoms with Gasteiger partial charge in [0.05, 0.1) is 6.20 Å². The Morgan fingerprint density at radius 1 is 1.35 bits per heavy atom. The Labute approximate surface area is 103 Å². The van der Waals surface area contributed by atoms with Crippen molar-refractivity contribution in [1.29, 1.82) is 0 Å². The molecule has 0 atom stereocenters. The number of nitrogen functional groups attached to an aromatic ring is 1. The number of aliphatic hydroxyl groups excluding tert-OH is 1. The predicted molar refractivity (Wildman–Crippen MR) is 64.0 cm³/mol. The van der Waals surface area contributed by atoms with Gasteiger partial charge < -0.3 is 10.8 Å². The minimum atomic E-state index is 0.130. The minimum Gasteiger partial charge on any atom is -0.396 e. The van der Waals surface area contributed by atoms with E-state index < -0.39 is 0 Å². The molecule has 0 fully saturated rings. The molecule has 2 aromatic rings. The Kier molecular flexibility index (Phi) is 3.55. The van der Waals surface area contributed by atoms with Gasteiger partial charge in [-0.15, -0.1) is 10.2 Å². The van der Waals surface area contributed by atoms with Gasteiger partial charge in [0.15, 0.2) is 11.0 Å². The molecule has 2 heterocycles. The maximum atomic E-state index is 8.77. The minimum absolute atomic E-state index is 0.130. The maximum Gasteiger partial charge on any atom is 0.178 e. The van der Waals surface area contributed by atoms with Gasteiger partial charge in [-0.25, -0.2) is 0 Å². The van der Waals surface area contributed by atoms with Crippen LogP contribution in [0.4, 0.5) is 5.82 Å². The van der Waals surface area contributed by atoms with Crippen LogP contribution in [0.2, 0.25) is 5.15 Å². The van der Waals surface area contributed by atoms with Crippen LogP contribution in [0, 0.1) is 0 Å². The molecular weight excluding hydrogens is 242 g/mol. The number of halogens is 1. The fourth-order valence-electron chi connectivity index (χ4n) is 1.46. The Balaban J connectivity index is 2.27. The Morgan fingerprint density at radius 2 is 2.18 bits per heavy atom. The first-order valence-corrected chi connectivity index (χ1v) is 5.53. The van der Waals surface area contributed by atoms with E-state index in [9.17, 15) is 0 Å². The number of aryl methyl sites for hydroxylation is 1. The van der Waals surface area contributed by atoms with Crippen molar-refractivity contribution in [2.75, 3.05) is 12.3 Å². The molecule has 17 heavy (non-hydrogen) atoms. The molecule has 0 aromatic carbocycles. The van der Waals surface area contributed by atoms with E-state index in [4.69, 9.17) is 22.4 Å². The van der Waals surface area contributed by atoms with E-state index in [0.29, 0.717) is 29.6 Å². The zero-order chi connectivity index (χ0) is 12.3. The highest BCUT2D eigenvalue weighted by Crippen LogP contribution is 2.17. The van der Waals surface area contributed by atoms with E-state index in [1.54, 1.807) is 18.3 Å². The summed E-state index contributed by atoms with van der Waals surface area (Å²) in [7, 11) is 0. The molecular formula is C10H12ClN5O. The van der Waals surface area contributed by atoms with Crippen molar-refractivity contribution in [3.8, 4) is 5.82 Å². The van der Waals surface area contributed by atoms with Crippen molar-refractivity contribution in [2.45, 2.75) is 12.8 Å². The van der Waals surface area contributed by atoms with Gasteiger partial charge in [-0.05, 0) is 25.0 Å². The number of hydrogen-bond acceptors (Lipinski definition) is 5. The van der Waals surface area contributed by atoms with Gasteiger partial charge >= 0.3 is 0 Å². The second kappa shape index (κ2) is 5.11. The SMILES string of the molecule is Nc1c(CCCO)cnn1-c1ccc(Cl)nn1. The van der Waals surface area contributed by atoms with Gasteiger partial charge in [0.1, 0.15) is 5.82 Å². The van der Waals surface area contributed by atoms with Crippen LogP contribution in [0.5, 0.6) is 0 Å². The first-order chi connectivity index (χ1) is 8.22. The van der Waals surface area contributed by atoms with E-state index in [-0.39, 0.29) is 6.61 Å². The lowest BCUT2D eigenvalue weighted by atomic mass is 10.2. The van der Waals surface area contributed by atoms with Crippen molar-refractivity contribution in [1.82, 2.24) is 20.0 Å². The second-order valence-electron chi connectivity index (χ2n) is 3.51. The van der Waals surface area contributed by atoms with Crippen molar-refractivity contribution in [3.05, 3.63) is 29.0 Å². The summed E-state index contributed by atoms with van der Waals surface area (Å²) in [5, 5.41) is 20.8. The summed E-state index contributed by atoms with van der Waals surface area (Å²) in [6.07, 6.45) is 3.01. The van der Waals surface area contributed by atoms with Crippen LogP contribution in [0.1, 0.15) is 12.0 Å². The maximum absolute atomic E-state index is 8.77. The largest absolute Gasteiger partial charge is 0.396 e. The van der Waals surface area contributed by atoms with Gasteiger partial charge in [0, 0.05) is 12.2 Å². The molecule has 0 amide bonds. The molecule has 0 spiro atoms. The second-order valence-corrected chi connectivity index (χ2v) is 3.90. The Bertz CT molecular complexity index is 496. The summed E-state index contributed by atoms with van der Waals surface area (Å²) in [6.45, 7) is 0.130. The third kappa shape index (κ3) is 2.54. The lowest BCUT2D eigenvalue weighted by Crippen LogP contribution is -2.06. The lowest BCUT2D eigenvalue weighted by Gasteiger charge is -2.03. The zero-order valence-electron chi connectivity index (χ0n) is 9.04. The van der Waals surface area contributed by atoms with Crippen LogP contribution in [0.15, 0.2) is 18.3 Å². The van der Waals surface area contributed by atoms with Crippen LogP contribution in [0.3, 0.4) is 0 Å². The zero-order valence-corrected chi connectivity index (χ0v) is 9.80. The molecule has 2 rings (SSSR count). The van der Waals surface area contributed by atoms with E-state index in [1.165, 1.54) is 4.68 Å². The molecule has 0 aliphatic carbocycles. The molecule has 0 aliphatic heterocycles. The Morgan fingerprint density at radius 3 is 2.82 bits per heavy atom. The van der Waals surface area contributed by atoms with Gasteiger partial charge in [0.2, 0.25) is 0 Å². The highest BCUT2D eigenvalue weighted by Gasteiger charge is 2.09. The first kappa shape index (κ1) is 11.8.